The van der Waals surface area contributed by atoms with Gasteiger partial charge in [0.15, 0.2) is 0 Å². The third-order valence-corrected chi connectivity index (χ3v) is 2.67. The predicted molar refractivity (Wildman–Crippen MR) is 56.9 cm³/mol. The smallest absolute Gasteiger partial charge is 0.234 e. The molecule has 0 aromatic carbocycles. The largest absolute Gasteiger partial charge is 0.352 e. The molecule has 1 amide bonds. The molecular weight excluding hydrogens is 178 g/mol. The predicted octanol–water partition coefficient (Wildman–Crippen LogP) is -0.0659. The van der Waals surface area contributed by atoms with Crippen molar-refractivity contribution in [3.8, 4) is 0 Å². The molecule has 1 aliphatic rings. The second-order valence-electron chi connectivity index (χ2n) is 4.18. The molecule has 1 aliphatic carbocycles. The van der Waals surface area contributed by atoms with E-state index in [1.165, 1.54) is 0 Å². The molecule has 1 unspecified atom stereocenters. The molecule has 0 radical (unpaired) electrons. The summed E-state index contributed by atoms with van der Waals surface area (Å²) in [4.78, 5) is 13.5. The number of carbonyl (C=O) groups excluding carboxylic acids is 1. The molecule has 0 aromatic rings. The molecular formula is C10H21N3O. The molecule has 0 bridgehead atoms. The van der Waals surface area contributed by atoms with Gasteiger partial charge in [0.1, 0.15) is 0 Å². The van der Waals surface area contributed by atoms with Gasteiger partial charge in [-0.05, 0) is 39.8 Å². The molecule has 0 aromatic heterocycles. The van der Waals surface area contributed by atoms with Gasteiger partial charge in [0, 0.05) is 12.1 Å². The van der Waals surface area contributed by atoms with Gasteiger partial charge >= 0.3 is 0 Å². The zero-order valence-corrected chi connectivity index (χ0v) is 9.12. The Hall–Kier alpha value is -0.610. The Morgan fingerprint density at radius 3 is 2.79 bits per heavy atom. The summed E-state index contributed by atoms with van der Waals surface area (Å²) in [5.74, 6) is 0.138. The fraction of sp³-hybridized carbons (Fsp3) is 0.900. The Labute approximate surface area is 85.8 Å². The van der Waals surface area contributed by atoms with Gasteiger partial charge < -0.3 is 11.1 Å². The lowest BCUT2D eigenvalue weighted by molar-refractivity contribution is -0.122. The molecule has 0 spiro atoms. The summed E-state index contributed by atoms with van der Waals surface area (Å²) in [7, 11) is 1.97. The van der Waals surface area contributed by atoms with Crippen molar-refractivity contribution in [2.75, 3.05) is 20.1 Å². The number of rotatable bonds is 6. The van der Waals surface area contributed by atoms with E-state index < -0.39 is 0 Å². The maximum Gasteiger partial charge on any atom is 0.234 e. The molecule has 1 saturated carbocycles. The summed E-state index contributed by atoms with van der Waals surface area (Å²) >= 11 is 0. The molecule has 3 N–H and O–H groups in total. The van der Waals surface area contributed by atoms with Crippen LogP contribution in [0.1, 0.15) is 26.2 Å². The van der Waals surface area contributed by atoms with Crippen molar-refractivity contribution in [3.63, 3.8) is 0 Å². The zero-order valence-electron chi connectivity index (χ0n) is 9.12. The first-order chi connectivity index (χ1) is 6.63. The Morgan fingerprint density at radius 2 is 2.29 bits per heavy atom. The minimum atomic E-state index is 0.138. The van der Waals surface area contributed by atoms with Crippen LogP contribution in [0.15, 0.2) is 0 Å². The van der Waals surface area contributed by atoms with Crippen LogP contribution in [0.3, 0.4) is 0 Å². The first-order valence-electron chi connectivity index (χ1n) is 5.33. The Morgan fingerprint density at radius 1 is 1.64 bits per heavy atom. The van der Waals surface area contributed by atoms with Gasteiger partial charge in [-0.15, -0.1) is 0 Å². The van der Waals surface area contributed by atoms with Gasteiger partial charge in [0.25, 0.3) is 0 Å². The SMILES string of the molecule is CC(CCN)N(C)CC(=O)NC1CC1. The number of hydrogen-bond donors (Lipinski definition) is 2. The molecule has 0 saturated heterocycles. The molecule has 1 atom stereocenters. The van der Waals surface area contributed by atoms with Gasteiger partial charge in [0.05, 0.1) is 6.54 Å². The average molecular weight is 199 g/mol. The van der Waals surface area contributed by atoms with E-state index in [9.17, 15) is 4.79 Å². The highest BCUT2D eigenvalue weighted by molar-refractivity contribution is 5.78. The highest BCUT2D eigenvalue weighted by atomic mass is 16.2. The van der Waals surface area contributed by atoms with E-state index in [1.54, 1.807) is 0 Å². The van der Waals surface area contributed by atoms with E-state index in [4.69, 9.17) is 5.73 Å². The number of nitrogens with one attached hydrogen (secondary N) is 1. The van der Waals surface area contributed by atoms with Gasteiger partial charge in [-0.25, -0.2) is 0 Å². The lowest BCUT2D eigenvalue weighted by Gasteiger charge is -2.23. The van der Waals surface area contributed by atoms with E-state index in [0.717, 1.165) is 19.3 Å². The molecule has 4 heteroatoms. The number of nitrogens with two attached hydrogens (primary N) is 1. The van der Waals surface area contributed by atoms with E-state index in [-0.39, 0.29) is 5.91 Å². The number of nitrogens with zero attached hydrogens (tertiary/aromatic N) is 1. The molecule has 14 heavy (non-hydrogen) atoms. The normalized spacial score (nSPS) is 18.3. The third kappa shape index (κ3) is 4.07. The number of amides is 1. The topological polar surface area (TPSA) is 58.4 Å². The van der Waals surface area contributed by atoms with Crippen molar-refractivity contribution >= 4 is 5.91 Å². The summed E-state index contributed by atoms with van der Waals surface area (Å²) in [6.07, 6.45) is 3.23. The summed E-state index contributed by atoms with van der Waals surface area (Å²) in [6.45, 7) is 3.25. The van der Waals surface area contributed by atoms with Crippen LogP contribution < -0.4 is 11.1 Å². The second kappa shape index (κ2) is 5.32. The van der Waals surface area contributed by atoms with E-state index in [2.05, 4.69) is 12.2 Å². The van der Waals surface area contributed by atoms with Crippen LogP contribution in [0.25, 0.3) is 0 Å². The Bertz CT molecular complexity index is 192. The van der Waals surface area contributed by atoms with Crippen molar-refractivity contribution in [3.05, 3.63) is 0 Å². The summed E-state index contributed by atoms with van der Waals surface area (Å²) in [6, 6.07) is 0.839. The van der Waals surface area contributed by atoms with Crippen molar-refractivity contribution in [1.29, 1.82) is 0 Å². The maximum atomic E-state index is 11.4. The zero-order chi connectivity index (χ0) is 10.6. The molecule has 0 aliphatic heterocycles. The molecule has 1 fully saturated rings. The molecule has 1 rings (SSSR count). The van der Waals surface area contributed by atoms with Crippen molar-refractivity contribution < 1.29 is 4.79 Å². The van der Waals surface area contributed by atoms with Crippen LogP contribution in [-0.4, -0.2) is 43.0 Å². The highest BCUT2D eigenvalue weighted by Gasteiger charge is 2.24. The van der Waals surface area contributed by atoms with E-state index >= 15 is 0 Å². The van der Waals surface area contributed by atoms with Crippen LogP contribution >= 0.6 is 0 Å². The lowest BCUT2D eigenvalue weighted by atomic mass is 10.2. The maximum absolute atomic E-state index is 11.4. The number of carbonyl (C=O) groups is 1. The van der Waals surface area contributed by atoms with Crippen LogP contribution in [0.5, 0.6) is 0 Å². The van der Waals surface area contributed by atoms with Crippen LogP contribution in [0, 0.1) is 0 Å². The van der Waals surface area contributed by atoms with Gasteiger partial charge in [-0.2, -0.15) is 0 Å². The molecule has 0 heterocycles. The van der Waals surface area contributed by atoms with Crippen LogP contribution in [0.2, 0.25) is 0 Å². The van der Waals surface area contributed by atoms with Crippen molar-refractivity contribution in [2.24, 2.45) is 5.73 Å². The van der Waals surface area contributed by atoms with Crippen molar-refractivity contribution in [2.45, 2.75) is 38.3 Å². The van der Waals surface area contributed by atoms with Gasteiger partial charge in [0.2, 0.25) is 5.91 Å². The molecule has 4 nitrogen and oxygen atoms in total. The Balaban J connectivity index is 2.16. The quantitative estimate of drug-likeness (QED) is 0.630. The summed E-state index contributed by atoms with van der Waals surface area (Å²) < 4.78 is 0. The minimum absolute atomic E-state index is 0.138. The van der Waals surface area contributed by atoms with E-state index in [1.807, 2.05) is 11.9 Å². The van der Waals surface area contributed by atoms with Crippen molar-refractivity contribution in [1.82, 2.24) is 10.2 Å². The van der Waals surface area contributed by atoms with Crippen LogP contribution in [0.4, 0.5) is 0 Å². The number of likely N-dealkylation sites (N-methyl/N-ethyl adjacent to an activating group) is 1. The monoisotopic (exact) mass is 199 g/mol. The molecule has 82 valence electrons. The van der Waals surface area contributed by atoms with Gasteiger partial charge in [-0.3, -0.25) is 9.69 Å². The summed E-state index contributed by atoms with van der Waals surface area (Å²) in [5, 5.41) is 2.97. The van der Waals surface area contributed by atoms with E-state index in [0.29, 0.717) is 25.2 Å². The third-order valence-electron chi connectivity index (χ3n) is 2.67. The fourth-order valence-corrected chi connectivity index (χ4v) is 1.34. The van der Waals surface area contributed by atoms with Gasteiger partial charge in [-0.1, -0.05) is 0 Å². The highest BCUT2D eigenvalue weighted by Crippen LogP contribution is 2.18. The standard InChI is InChI=1S/C10H21N3O/c1-8(5-6-11)13(2)7-10(14)12-9-3-4-9/h8-9H,3-7,11H2,1-2H3,(H,12,14). The number of hydrogen-bond acceptors (Lipinski definition) is 3. The second-order valence-corrected chi connectivity index (χ2v) is 4.18. The lowest BCUT2D eigenvalue weighted by Crippen LogP contribution is -2.40. The van der Waals surface area contributed by atoms with Crippen LogP contribution in [-0.2, 0) is 4.79 Å². The first kappa shape index (κ1) is 11.5. The Kier molecular flexibility index (Phi) is 4.35. The summed E-state index contributed by atoms with van der Waals surface area (Å²) in [5.41, 5.74) is 5.46. The fourth-order valence-electron chi connectivity index (χ4n) is 1.34. The first-order valence-corrected chi connectivity index (χ1v) is 5.33. The minimum Gasteiger partial charge on any atom is -0.352 e. The average Bonchev–Trinajstić information content (AvgIpc) is 2.88.